The van der Waals surface area contributed by atoms with E-state index in [-0.39, 0.29) is 5.82 Å². The highest BCUT2D eigenvalue weighted by molar-refractivity contribution is 9.10. The molecule has 0 fully saturated rings. The number of aliphatic hydroxyl groups excluding tert-OH is 1. The molecule has 18 heavy (non-hydrogen) atoms. The van der Waals surface area contributed by atoms with Gasteiger partial charge in [-0.15, -0.1) is 0 Å². The first-order chi connectivity index (χ1) is 8.58. The van der Waals surface area contributed by atoms with E-state index in [1.54, 1.807) is 13.0 Å². The number of aliphatic hydroxyl groups is 1. The summed E-state index contributed by atoms with van der Waals surface area (Å²) in [6.07, 6.45) is -0.689. The van der Waals surface area contributed by atoms with Gasteiger partial charge in [0.25, 0.3) is 0 Å². The Morgan fingerprint density at radius 3 is 2.56 bits per heavy atom. The fourth-order valence-electron chi connectivity index (χ4n) is 1.58. The van der Waals surface area contributed by atoms with Gasteiger partial charge in [0.05, 0.1) is 6.10 Å². The molecule has 0 aromatic heterocycles. The summed E-state index contributed by atoms with van der Waals surface area (Å²) in [7, 11) is 0. The third kappa shape index (κ3) is 3.13. The molecular weight excluding hydrogens is 315 g/mol. The van der Waals surface area contributed by atoms with E-state index in [9.17, 15) is 9.50 Å². The van der Waals surface area contributed by atoms with Crippen LogP contribution in [0.2, 0.25) is 0 Å². The van der Waals surface area contributed by atoms with Crippen LogP contribution >= 0.6 is 27.7 Å². The highest BCUT2D eigenvalue weighted by Gasteiger charge is 2.11. The molecule has 0 aliphatic rings. The SMILES string of the molecule is C[C@H](O)c1cc(F)ccc1Sc1ccccc1Br. The molecule has 0 aliphatic heterocycles. The Kier molecular flexibility index (Phi) is 4.43. The van der Waals surface area contributed by atoms with E-state index in [0.717, 1.165) is 14.3 Å². The first kappa shape index (κ1) is 13.6. The van der Waals surface area contributed by atoms with Crippen LogP contribution in [0.1, 0.15) is 18.6 Å². The average Bonchev–Trinajstić information content (AvgIpc) is 2.34. The van der Waals surface area contributed by atoms with Crippen molar-refractivity contribution in [2.75, 3.05) is 0 Å². The van der Waals surface area contributed by atoms with Gasteiger partial charge >= 0.3 is 0 Å². The molecule has 0 unspecified atom stereocenters. The topological polar surface area (TPSA) is 20.2 Å². The van der Waals surface area contributed by atoms with Crippen molar-refractivity contribution < 1.29 is 9.50 Å². The Labute approximate surface area is 118 Å². The van der Waals surface area contributed by atoms with E-state index in [0.29, 0.717) is 5.56 Å². The van der Waals surface area contributed by atoms with Crippen LogP contribution in [-0.4, -0.2) is 5.11 Å². The molecule has 1 atom stereocenters. The van der Waals surface area contributed by atoms with E-state index in [4.69, 9.17) is 0 Å². The summed E-state index contributed by atoms with van der Waals surface area (Å²) >= 11 is 4.98. The molecular formula is C14H12BrFOS. The minimum Gasteiger partial charge on any atom is -0.389 e. The number of rotatable bonds is 3. The van der Waals surface area contributed by atoms with Crippen molar-refractivity contribution in [3.63, 3.8) is 0 Å². The molecule has 0 amide bonds. The minimum atomic E-state index is -0.689. The lowest BCUT2D eigenvalue weighted by molar-refractivity contribution is 0.196. The standard InChI is InChI=1S/C14H12BrFOS/c1-9(17)11-8-10(16)6-7-13(11)18-14-5-3-2-4-12(14)15/h2-9,17H,1H3/t9-/m0/s1. The van der Waals surface area contributed by atoms with Crippen LogP contribution in [-0.2, 0) is 0 Å². The van der Waals surface area contributed by atoms with Crippen LogP contribution in [0.4, 0.5) is 4.39 Å². The fourth-order valence-corrected chi connectivity index (χ4v) is 3.14. The summed E-state index contributed by atoms with van der Waals surface area (Å²) in [6.45, 7) is 1.64. The first-order valence-electron chi connectivity index (χ1n) is 5.48. The smallest absolute Gasteiger partial charge is 0.123 e. The molecule has 0 radical (unpaired) electrons. The summed E-state index contributed by atoms with van der Waals surface area (Å²) in [5.74, 6) is -0.331. The maximum atomic E-state index is 13.2. The number of hydrogen-bond donors (Lipinski definition) is 1. The Bertz CT molecular complexity index is 557. The summed E-state index contributed by atoms with van der Waals surface area (Å²) < 4.78 is 14.2. The second kappa shape index (κ2) is 5.87. The van der Waals surface area contributed by atoms with E-state index < -0.39 is 6.10 Å². The van der Waals surface area contributed by atoms with Crippen molar-refractivity contribution in [1.29, 1.82) is 0 Å². The summed E-state index contributed by atoms with van der Waals surface area (Å²) in [4.78, 5) is 1.89. The maximum absolute atomic E-state index is 13.2. The van der Waals surface area contributed by atoms with Crippen LogP contribution in [0.25, 0.3) is 0 Å². The average molecular weight is 327 g/mol. The van der Waals surface area contributed by atoms with Gasteiger partial charge in [-0.05, 0) is 58.7 Å². The van der Waals surface area contributed by atoms with Gasteiger partial charge in [-0.3, -0.25) is 0 Å². The second-order valence-electron chi connectivity index (χ2n) is 3.89. The minimum absolute atomic E-state index is 0.331. The van der Waals surface area contributed by atoms with Crippen LogP contribution in [0.15, 0.2) is 56.7 Å². The molecule has 2 rings (SSSR count). The van der Waals surface area contributed by atoms with E-state index >= 15 is 0 Å². The Morgan fingerprint density at radius 1 is 1.17 bits per heavy atom. The third-order valence-corrected chi connectivity index (χ3v) is 4.60. The second-order valence-corrected chi connectivity index (χ2v) is 5.83. The predicted molar refractivity (Wildman–Crippen MR) is 75.3 cm³/mol. The molecule has 0 saturated carbocycles. The molecule has 4 heteroatoms. The Hall–Kier alpha value is -0.840. The molecule has 0 aliphatic carbocycles. The summed E-state index contributed by atoms with van der Waals surface area (Å²) in [5.41, 5.74) is 0.607. The summed E-state index contributed by atoms with van der Waals surface area (Å²) in [6, 6.07) is 12.3. The molecule has 0 heterocycles. The van der Waals surface area contributed by atoms with Crippen molar-refractivity contribution in [2.45, 2.75) is 22.8 Å². The molecule has 0 spiro atoms. The van der Waals surface area contributed by atoms with E-state index in [2.05, 4.69) is 15.9 Å². The van der Waals surface area contributed by atoms with E-state index in [1.807, 2.05) is 24.3 Å². The monoisotopic (exact) mass is 326 g/mol. The number of hydrogen-bond acceptors (Lipinski definition) is 2. The zero-order valence-electron chi connectivity index (χ0n) is 9.73. The van der Waals surface area contributed by atoms with Crippen molar-refractivity contribution in [1.82, 2.24) is 0 Å². The van der Waals surface area contributed by atoms with Gasteiger partial charge in [-0.25, -0.2) is 4.39 Å². The third-order valence-electron chi connectivity index (χ3n) is 2.48. The van der Waals surface area contributed by atoms with Crippen LogP contribution in [0, 0.1) is 5.82 Å². The normalized spacial score (nSPS) is 12.4. The lowest BCUT2D eigenvalue weighted by Crippen LogP contribution is -1.95. The molecule has 0 saturated heterocycles. The zero-order chi connectivity index (χ0) is 13.1. The predicted octanol–water partition coefficient (Wildman–Crippen LogP) is 4.79. The Balaban J connectivity index is 2.37. The largest absolute Gasteiger partial charge is 0.389 e. The number of benzene rings is 2. The van der Waals surface area contributed by atoms with Gasteiger partial charge in [0.2, 0.25) is 0 Å². The van der Waals surface area contributed by atoms with Crippen LogP contribution in [0.5, 0.6) is 0 Å². The maximum Gasteiger partial charge on any atom is 0.123 e. The van der Waals surface area contributed by atoms with Gasteiger partial charge in [-0.1, -0.05) is 23.9 Å². The summed E-state index contributed by atoms with van der Waals surface area (Å²) in [5, 5.41) is 9.68. The quantitative estimate of drug-likeness (QED) is 0.874. The van der Waals surface area contributed by atoms with E-state index in [1.165, 1.54) is 23.9 Å². The van der Waals surface area contributed by atoms with Crippen molar-refractivity contribution in [3.05, 3.63) is 58.3 Å². The van der Waals surface area contributed by atoms with Gasteiger partial charge in [0.15, 0.2) is 0 Å². The van der Waals surface area contributed by atoms with Crippen LogP contribution in [0.3, 0.4) is 0 Å². The van der Waals surface area contributed by atoms with Gasteiger partial charge in [0, 0.05) is 14.3 Å². The van der Waals surface area contributed by atoms with Gasteiger partial charge in [0.1, 0.15) is 5.82 Å². The lowest BCUT2D eigenvalue weighted by Gasteiger charge is -2.12. The highest BCUT2D eigenvalue weighted by atomic mass is 79.9. The van der Waals surface area contributed by atoms with Crippen molar-refractivity contribution in [2.24, 2.45) is 0 Å². The first-order valence-corrected chi connectivity index (χ1v) is 7.09. The zero-order valence-corrected chi connectivity index (χ0v) is 12.1. The molecule has 1 N–H and O–H groups in total. The molecule has 2 aromatic rings. The molecule has 0 bridgehead atoms. The van der Waals surface area contributed by atoms with Crippen LogP contribution < -0.4 is 0 Å². The Morgan fingerprint density at radius 2 is 1.89 bits per heavy atom. The van der Waals surface area contributed by atoms with Crippen molar-refractivity contribution in [3.8, 4) is 0 Å². The molecule has 2 aromatic carbocycles. The van der Waals surface area contributed by atoms with Gasteiger partial charge in [-0.2, -0.15) is 0 Å². The molecule has 1 nitrogen and oxygen atoms in total. The molecule has 94 valence electrons. The number of halogens is 2. The van der Waals surface area contributed by atoms with Crippen molar-refractivity contribution >= 4 is 27.7 Å². The van der Waals surface area contributed by atoms with Gasteiger partial charge < -0.3 is 5.11 Å². The fraction of sp³-hybridized carbons (Fsp3) is 0.143. The highest BCUT2D eigenvalue weighted by Crippen LogP contribution is 2.37. The lowest BCUT2D eigenvalue weighted by atomic mass is 10.1.